The summed E-state index contributed by atoms with van der Waals surface area (Å²) in [4.78, 5) is 8.33. The number of rotatable bonds is 12. The van der Waals surface area contributed by atoms with Gasteiger partial charge in [-0.15, -0.1) is 15.3 Å². The number of fused-ring (bicyclic) bond motifs is 1. The molecule has 0 aromatic heterocycles. The first-order valence-corrected chi connectivity index (χ1v) is 20.6. The number of nitrogens with two attached hydrogens (primary N) is 2. The second kappa shape index (κ2) is 16.1. The summed E-state index contributed by atoms with van der Waals surface area (Å²) in [6.07, 6.45) is 0. The Morgan fingerprint density at radius 1 is 0.567 bits per heavy atom. The lowest BCUT2D eigenvalue weighted by molar-refractivity contribution is 0.0696. The van der Waals surface area contributed by atoms with Gasteiger partial charge in [0.15, 0.2) is 5.75 Å². The molecule has 60 heavy (non-hydrogen) atoms. The SMILES string of the molecule is Nc1cc(O)ccc1N=Nc1ccc(Nc2ccc(N=Nc3c(S(=O)(=O)O)cc4cc(S(=O)(=O)O)c(N=Nc5ccc(C(=O)O)cc5)c(O)c4c3N)cc2S(=O)(=O)O)cc1. The van der Waals surface area contributed by atoms with Crippen LogP contribution in [0.15, 0.2) is 142 Å². The van der Waals surface area contributed by atoms with Gasteiger partial charge in [-0.25, -0.2) is 4.79 Å². The van der Waals surface area contributed by atoms with Crippen molar-refractivity contribution in [2.75, 3.05) is 16.8 Å². The van der Waals surface area contributed by atoms with Gasteiger partial charge < -0.3 is 32.1 Å². The maximum Gasteiger partial charge on any atom is 0.335 e. The maximum absolute atomic E-state index is 12.5. The fourth-order valence-electron chi connectivity index (χ4n) is 5.39. The summed E-state index contributed by atoms with van der Waals surface area (Å²) in [5, 5.41) is 54.9. The van der Waals surface area contributed by atoms with E-state index in [1.807, 2.05) is 0 Å². The van der Waals surface area contributed by atoms with Crippen molar-refractivity contribution in [1.82, 2.24) is 0 Å². The molecule has 11 N–H and O–H groups in total. The van der Waals surface area contributed by atoms with Crippen LogP contribution in [0.4, 0.5) is 56.9 Å². The van der Waals surface area contributed by atoms with Crippen LogP contribution >= 0.6 is 0 Å². The molecule has 0 aliphatic carbocycles. The molecule has 308 valence electrons. The molecule has 6 aromatic carbocycles. The standard InChI is InChI=1S/C35H27N9O13S3/c36-24-16-23(45)10-12-25(24)42-39-21-7-5-19(6-8-21)38-26-11-9-22(15-27(26)58(49,50)51)41-43-32-28(59(52,53)54)13-18-14-29(60(55,56)57)33(34(46)30(18)31(32)37)44-40-20-3-1-17(2-4-20)35(47)48/h1-16,38,45-46H,36-37H2,(H,47,48)(H,49,50,51)(H,52,53,54)(H,55,56,57). The summed E-state index contributed by atoms with van der Waals surface area (Å²) in [7, 11) is -15.5. The summed E-state index contributed by atoms with van der Waals surface area (Å²) in [6.45, 7) is 0. The number of azo groups is 3. The third kappa shape index (κ3) is 9.31. The summed E-state index contributed by atoms with van der Waals surface area (Å²) in [5.41, 5.74) is 10.2. The zero-order valence-electron chi connectivity index (χ0n) is 29.8. The Morgan fingerprint density at radius 2 is 1.08 bits per heavy atom. The van der Waals surface area contributed by atoms with Crippen LogP contribution in [-0.2, 0) is 30.4 Å². The van der Waals surface area contributed by atoms with E-state index >= 15 is 0 Å². The number of hydrogen-bond acceptors (Lipinski definition) is 18. The molecule has 0 fully saturated rings. The molecule has 0 heterocycles. The number of carboxylic acid groups (broad SMARTS) is 1. The molecule has 22 nitrogen and oxygen atoms in total. The zero-order valence-corrected chi connectivity index (χ0v) is 32.3. The van der Waals surface area contributed by atoms with E-state index in [9.17, 15) is 53.9 Å². The van der Waals surface area contributed by atoms with E-state index in [-0.39, 0.29) is 34.1 Å². The van der Waals surface area contributed by atoms with Gasteiger partial charge in [0.2, 0.25) is 0 Å². The second-order valence-electron chi connectivity index (χ2n) is 12.3. The number of anilines is 4. The normalized spacial score (nSPS) is 12.5. The van der Waals surface area contributed by atoms with Gasteiger partial charge in [0.25, 0.3) is 30.4 Å². The highest BCUT2D eigenvalue weighted by atomic mass is 32.2. The fourth-order valence-corrected chi connectivity index (χ4v) is 7.39. The van der Waals surface area contributed by atoms with Crippen LogP contribution in [0, 0.1) is 0 Å². The van der Waals surface area contributed by atoms with Crippen LogP contribution in [0.1, 0.15) is 10.4 Å². The van der Waals surface area contributed by atoms with Gasteiger partial charge >= 0.3 is 5.97 Å². The quantitative estimate of drug-likeness (QED) is 0.0321. The van der Waals surface area contributed by atoms with Crippen molar-refractivity contribution in [3.63, 3.8) is 0 Å². The van der Waals surface area contributed by atoms with Crippen molar-refractivity contribution in [3.8, 4) is 11.5 Å². The summed E-state index contributed by atoms with van der Waals surface area (Å²) in [6, 6.07) is 19.5. The number of carbonyl (C=O) groups is 1. The van der Waals surface area contributed by atoms with E-state index in [0.29, 0.717) is 29.2 Å². The number of nitrogen functional groups attached to an aromatic ring is 2. The number of hydrogen-bond donors (Lipinski definition) is 9. The van der Waals surface area contributed by atoms with Gasteiger partial charge in [0.1, 0.15) is 37.5 Å². The molecule has 0 saturated carbocycles. The van der Waals surface area contributed by atoms with Crippen LogP contribution in [0.3, 0.4) is 0 Å². The van der Waals surface area contributed by atoms with Gasteiger partial charge in [-0.3, -0.25) is 13.7 Å². The minimum atomic E-state index is -5.26. The van der Waals surface area contributed by atoms with Crippen molar-refractivity contribution in [3.05, 3.63) is 103 Å². The Morgan fingerprint density at radius 3 is 1.65 bits per heavy atom. The van der Waals surface area contributed by atoms with Crippen LogP contribution in [0.25, 0.3) is 10.8 Å². The van der Waals surface area contributed by atoms with Crippen molar-refractivity contribution in [1.29, 1.82) is 0 Å². The molecule has 0 saturated heterocycles. The highest BCUT2D eigenvalue weighted by Gasteiger charge is 2.28. The molecule has 0 aliphatic heterocycles. The molecular formula is C35H27N9O13S3. The molecule has 0 aliphatic rings. The average molecular weight is 878 g/mol. The molecule has 0 atom stereocenters. The minimum Gasteiger partial charge on any atom is -0.508 e. The van der Waals surface area contributed by atoms with E-state index in [4.69, 9.17) is 16.6 Å². The molecule has 0 unspecified atom stereocenters. The zero-order chi connectivity index (χ0) is 43.7. The lowest BCUT2D eigenvalue weighted by Gasteiger charge is -2.14. The summed E-state index contributed by atoms with van der Waals surface area (Å²) < 4.78 is 105. The van der Waals surface area contributed by atoms with Crippen molar-refractivity contribution in [2.45, 2.75) is 14.7 Å². The van der Waals surface area contributed by atoms with Crippen LogP contribution in [0.2, 0.25) is 0 Å². The number of aromatic hydroxyl groups is 2. The Kier molecular flexibility index (Phi) is 11.3. The van der Waals surface area contributed by atoms with Crippen LogP contribution in [-0.4, -0.2) is 60.2 Å². The largest absolute Gasteiger partial charge is 0.508 e. The first-order valence-electron chi connectivity index (χ1n) is 16.3. The summed E-state index contributed by atoms with van der Waals surface area (Å²) >= 11 is 0. The summed E-state index contributed by atoms with van der Waals surface area (Å²) in [5.74, 6) is -2.37. The molecular weight excluding hydrogens is 851 g/mol. The smallest absolute Gasteiger partial charge is 0.335 e. The number of carboxylic acids is 1. The van der Waals surface area contributed by atoms with E-state index in [1.54, 1.807) is 0 Å². The highest BCUT2D eigenvalue weighted by molar-refractivity contribution is 7.86. The minimum absolute atomic E-state index is 0.0230. The van der Waals surface area contributed by atoms with Crippen molar-refractivity contribution in [2.24, 2.45) is 30.7 Å². The monoisotopic (exact) mass is 877 g/mol. The number of aromatic carboxylic acids is 1. The topological polar surface area (TPSA) is 379 Å². The number of phenols is 2. The van der Waals surface area contributed by atoms with Gasteiger partial charge in [0, 0.05) is 11.8 Å². The highest BCUT2D eigenvalue weighted by Crippen LogP contribution is 2.48. The van der Waals surface area contributed by atoms with Gasteiger partial charge in [-0.05, 0) is 96.4 Å². The molecule has 6 aromatic rings. The molecule has 0 bridgehead atoms. The van der Waals surface area contributed by atoms with Gasteiger partial charge in [-0.1, -0.05) is 0 Å². The second-order valence-corrected chi connectivity index (χ2v) is 16.4. The number of nitrogens with one attached hydrogen (secondary N) is 1. The molecule has 6 rings (SSSR count). The number of phenolic OH excluding ortho intramolecular Hbond substituents is 2. The average Bonchev–Trinajstić information content (AvgIpc) is 3.16. The van der Waals surface area contributed by atoms with Crippen molar-refractivity contribution < 1.29 is 59.0 Å². The lowest BCUT2D eigenvalue weighted by Crippen LogP contribution is -2.04. The Hall–Kier alpha value is -7.42. The third-order valence-electron chi connectivity index (χ3n) is 8.19. The predicted octanol–water partition coefficient (Wildman–Crippen LogP) is 7.84. The molecule has 0 amide bonds. The number of nitrogens with zero attached hydrogens (tertiary/aromatic N) is 6. The van der Waals surface area contributed by atoms with E-state index in [0.717, 1.165) is 18.2 Å². The first kappa shape index (κ1) is 42.2. The fraction of sp³-hybridized carbons (Fsp3) is 0. The first-order chi connectivity index (χ1) is 28.1. The Bertz CT molecular complexity index is 3160. The maximum atomic E-state index is 12.5. The third-order valence-corrected chi connectivity index (χ3v) is 10.8. The van der Waals surface area contributed by atoms with Gasteiger partial charge in [0.05, 0.1) is 45.1 Å². The van der Waals surface area contributed by atoms with E-state index in [2.05, 4.69) is 36.0 Å². The van der Waals surface area contributed by atoms with Crippen LogP contribution < -0.4 is 16.8 Å². The van der Waals surface area contributed by atoms with Crippen LogP contribution in [0.5, 0.6) is 11.5 Å². The van der Waals surface area contributed by atoms with Crippen molar-refractivity contribution >= 4 is 104 Å². The molecule has 0 radical (unpaired) electrons. The molecule has 25 heteroatoms. The Labute approximate surface area is 338 Å². The number of benzene rings is 6. The van der Waals surface area contributed by atoms with E-state index < -0.39 is 84.6 Å². The molecule has 0 spiro atoms. The van der Waals surface area contributed by atoms with Gasteiger partial charge in [-0.2, -0.15) is 40.6 Å². The Balaban J connectivity index is 1.37. The predicted molar refractivity (Wildman–Crippen MR) is 214 cm³/mol. The van der Waals surface area contributed by atoms with E-state index in [1.165, 1.54) is 66.7 Å². The lowest BCUT2D eigenvalue weighted by atomic mass is 10.1.